The Balaban J connectivity index is 1.57. The first-order valence-electron chi connectivity index (χ1n) is 11.7. The third kappa shape index (κ3) is 4.42. The first-order valence-corrected chi connectivity index (χ1v) is 11.7. The van der Waals surface area contributed by atoms with E-state index < -0.39 is 17.8 Å². The third-order valence-electron chi connectivity index (χ3n) is 6.71. The molecule has 34 heavy (non-hydrogen) atoms. The van der Waals surface area contributed by atoms with Gasteiger partial charge in [0, 0.05) is 23.5 Å². The molecular formula is C27H32N4O3. The van der Waals surface area contributed by atoms with Gasteiger partial charge in [0.15, 0.2) is 0 Å². The zero-order valence-corrected chi connectivity index (χ0v) is 20.4. The smallest absolute Gasteiger partial charge is 0.329 e. The normalized spacial score (nSPS) is 20.4. The van der Waals surface area contributed by atoms with Gasteiger partial charge in [-0.15, -0.1) is 0 Å². The Kier molecular flexibility index (Phi) is 6.21. The minimum Gasteiger partial charge on any atom is -0.366 e. The summed E-state index contributed by atoms with van der Waals surface area (Å²) in [6.07, 6.45) is 2.75. The summed E-state index contributed by atoms with van der Waals surface area (Å²) in [5.74, 6) is -0.565. The number of rotatable bonds is 5. The molecule has 7 heteroatoms. The lowest BCUT2D eigenvalue weighted by molar-refractivity contribution is -0.127. The van der Waals surface area contributed by atoms with Crippen LogP contribution in [0.4, 0.5) is 16.2 Å². The van der Waals surface area contributed by atoms with Crippen molar-refractivity contribution in [3.8, 4) is 0 Å². The Morgan fingerprint density at radius 1 is 1.21 bits per heavy atom. The van der Waals surface area contributed by atoms with Crippen molar-refractivity contribution < 1.29 is 14.4 Å². The number of imide groups is 1. The van der Waals surface area contributed by atoms with Gasteiger partial charge in [-0.25, -0.2) is 9.69 Å². The molecule has 1 atom stereocenters. The molecule has 2 aromatic carbocycles. The molecule has 4 rings (SSSR count). The molecule has 0 bridgehead atoms. The van der Waals surface area contributed by atoms with Gasteiger partial charge in [-0.1, -0.05) is 25.1 Å². The summed E-state index contributed by atoms with van der Waals surface area (Å²) < 4.78 is 0. The number of fused-ring (bicyclic) bond motifs is 1. The highest BCUT2D eigenvalue weighted by molar-refractivity contribution is 6.16. The summed E-state index contributed by atoms with van der Waals surface area (Å²) in [4.78, 5) is 41.1. The fourth-order valence-corrected chi connectivity index (χ4v) is 5.14. The van der Waals surface area contributed by atoms with E-state index in [9.17, 15) is 14.4 Å². The SMILES string of the molecule is CCN1c2cc(C)c(/C=C3/NC(=O)N(CC(=O)Nc4ccccc4)C3=O)cc2C(C)CC1(C)C. The Morgan fingerprint density at radius 2 is 1.91 bits per heavy atom. The van der Waals surface area contributed by atoms with Crippen LogP contribution in [0.2, 0.25) is 0 Å². The van der Waals surface area contributed by atoms with Crippen molar-refractivity contribution in [2.75, 3.05) is 23.3 Å². The van der Waals surface area contributed by atoms with E-state index in [0.29, 0.717) is 11.6 Å². The molecule has 7 nitrogen and oxygen atoms in total. The van der Waals surface area contributed by atoms with Gasteiger partial charge in [0.05, 0.1) is 0 Å². The molecular weight excluding hydrogens is 428 g/mol. The number of aryl methyl sites for hydroxylation is 1. The van der Waals surface area contributed by atoms with Crippen LogP contribution in [-0.2, 0) is 9.59 Å². The number of nitrogens with zero attached hydrogens (tertiary/aromatic N) is 2. The summed E-state index contributed by atoms with van der Waals surface area (Å²) >= 11 is 0. The molecule has 0 aromatic heterocycles. The predicted molar refractivity (Wildman–Crippen MR) is 135 cm³/mol. The Hall–Kier alpha value is -3.61. The van der Waals surface area contributed by atoms with Gasteiger partial charge in [0.2, 0.25) is 5.91 Å². The van der Waals surface area contributed by atoms with E-state index in [2.05, 4.69) is 55.4 Å². The van der Waals surface area contributed by atoms with Crippen LogP contribution in [0.15, 0.2) is 48.2 Å². The van der Waals surface area contributed by atoms with Gasteiger partial charge in [-0.05, 0) is 87.1 Å². The Bertz CT molecular complexity index is 1170. The number of para-hydroxylation sites is 1. The molecule has 2 N–H and O–H groups in total. The van der Waals surface area contributed by atoms with Gasteiger partial charge < -0.3 is 15.5 Å². The summed E-state index contributed by atoms with van der Waals surface area (Å²) in [6.45, 7) is 11.5. The zero-order valence-electron chi connectivity index (χ0n) is 20.4. The molecule has 4 amide bonds. The first-order chi connectivity index (χ1) is 16.1. The fourth-order valence-electron chi connectivity index (χ4n) is 5.14. The number of hydrogen-bond acceptors (Lipinski definition) is 4. The van der Waals surface area contributed by atoms with Crippen LogP contribution >= 0.6 is 0 Å². The van der Waals surface area contributed by atoms with Crippen molar-refractivity contribution in [1.29, 1.82) is 0 Å². The molecule has 1 unspecified atom stereocenters. The van der Waals surface area contributed by atoms with Crippen LogP contribution in [0.5, 0.6) is 0 Å². The molecule has 2 aromatic rings. The van der Waals surface area contributed by atoms with Crippen molar-refractivity contribution in [3.05, 3.63) is 64.9 Å². The molecule has 2 aliphatic heterocycles. The summed E-state index contributed by atoms with van der Waals surface area (Å²) in [5.41, 5.74) is 5.25. The molecule has 0 spiro atoms. The van der Waals surface area contributed by atoms with E-state index >= 15 is 0 Å². The largest absolute Gasteiger partial charge is 0.366 e. The van der Waals surface area contributed by atoms with E-state index in [-0.39, 0.29) is 17.8 Å². The van der Waals surface area contributed by atoms with Crippen molar-refractivity contribution >= 4 is 35.3 Å². The van der Waals surface area contributed by atoms with Crippen molar-refractivity contribution in [2.45, 2.75) is 52.5 Å². The van der Waals surface area contributed by atoms with Gasteiger partial charge >= 0.3 is 6.03 Å². The van der Waals surface area contributed by atoms with Crippen LogP contribution in [-0.4, -0.2) is 41.4 Å². The molecule has 2 heterocycles. The molecule has 0 radical (unpaired) electrons. The standard InChI is InChI=1S/C27H32N4O3/c1-6-31-23-12-17(2)19(13-21(23)18(3)15-27(31,4)5)14-22-25(33)30(26(34)29-22)16-24(32)28-20-10-8-7-9-11-20/h7-14,18H,6,15-16H2,1-5H3,(H,28,32)(H,29,34)/b22-14+. The number of nitrogens with one attached hydrogen (secondary N) is 2. The lowest BCUT2D eigenvalue weighted by Crippen LogP contribution is -2.48. The quantitative estimate of drug-likeness (QED) is 0.503. The van der Waals surface area contributed by atoms with E-state index in [1.54, 1.807) is 30.3 Å². The maximum atomic E-state index is 12.9. The highest BCUT2D eigenvalue weighted by Gasteiger charge is 2.37. The summed E-state index contributed by atoms with van der Waals surface area (Å²) in [6, 6.07) is 12.6. The second kappa shape index (κ2) is 8.97. The fraction of sp³-hybridized carbons (Fsp3) is 0.370. The summed E-state index contributed by atoms with van der Waals surface area (Å²) in [5, 5.41) is 5.33. The number of benzene rings is 2. The maximum Gasteiger partial charge on any atom is 0.329 e. The lowest BCUT2D eigenvalue weighted by Gasteiger charge is -2.47. The molecule has 2 aliphatic rings. The highest BCUT2D eigenvalue weighted by atomic mass is 16.2. The predicted octanol–water partition coefficient (Wildman–Crippen LogP) is 4.64. The minimum absolute atomic E-state index is 0.0732. The van der Waals surface area contributed by atoms with Gasteiger partial charge in [0.1, 0.15) is 12.2 Å². The second-order valence-electron chi connectivity index (χ2n) is 9.72. The van der Waals surface area contributed by atoms with Crippen LogP contribution < -0.4 is 15.5 Å². The monoisotopic (exact) mass is 460 g/mol. The number of anilines is 2. The van der Waals surface area contributed by atoms with E-state index in [1.807, 2.05) is 13.0 Å². The average Bonchev–Trinajstić information content (AvgIpc) is 3.02. The lowest BCUT2D eigenvalue weighted by atomic mass is 9.79. The molecule has 1 saturated heterocycles. The van der Waals surface area contributed by atoms with E-state index in [4.69, 9.17) is 0 Å². The zero-order chi connectivity index (χ0) is 24.6. The Labute approximate surface area is 200 Å². The van der Waals surface area contributed by atoms with Gasteiger partial charge in [-0.2, -0.15) is 0 Å². The molecule has 1 fully saturated rings. The number of amides is 4. The van der Waals surface area contributed by atoms with Crippen LogP contribution in [0.3, 0.4) is 0 Å². The molecule has 0 saturated carbocycles. The first kappa shape index (κ1) is 23.5. The number of carbonyl (C=O) groups is 3. The van der Waals surface area contributed by atoms with Crippen LogP contribution in [0.1, 0.15) is 56.7 Å². The highest BCUT2D eigenvalue weighted by Crippen LogP contribution is 2.44. The van der Waals surface area contributed by atoms with E-state index in [1.165, 1.54) is 11.3 Å². The van der Waals surface area contributed by atoms with Gasteiger partial charge in [0.25, 0.3) is 5.91 Å². The van der Waals surface area contributed by atoms with Crippen LogP contribution in [0.25, 0.3) is 6.08 Å². The molecule has 0 aliphatic carbocycles. The van der Waals surface area contributed by atoms with Crippen molar-refractivity contribution in [1.82, 2.24) is 10.2 Å². The second-order valence-corrected chi connectivity index (χ2v) is 9.72. The maximum absolute atomic E-state index is 12.9. The number of urea groups is 1. The number of carbonyl (C=O) groups excluding carboxylic acids is 3. The number of hydrogen-bond donors (Lipinski definition) is 2. The van der Waals surface area contributed by atoms with Crippen molar-refractivity contribution in [2.24, 2.45) is 0 Å². The van der Waals surface area contributed by atoms with Gasteiger partial charge in [-0.3, -0.25) is 9.59 Å². The summed E-state index contributed by atoms with van der Waals surface area (Å²) in [7, 11) is 0. The molecule has 178 valence electrons. The van der Waals surface area contributed by atoms with Crippen molar-refractivity contribution in [3.63, 3.8) is 0 Å². The third-order valence-corrected chi connectivity index (χ3v) is 6.71. The topological polar surface area (TPSA) is 81.8 Å². The minimum atomic E-state index is -0.595. The average molecular weight is 461 g/mol. The Morgan fingerprint density at radius 3 is 2.59 bits per heavy atom. The van der Waals surface area contributed by atoms with Crippen LogP contribution in [0, 0.1) is 6.92 Å². The van der Waals surface area contributed by atoms with E-state index in [0.717, 1.165) is 29.0 Å².